The highest BCUT2D eigenvalue weighted by atomic mass is 16.5. The van der Waals surface area contributed by atoms with Crippen LogP contribution in [0.15, 0.2) is 47.3 Å². The molecule has 7 nitrogen and oxygen atoms in total. The number of aromatic nitrogens is 2. The molecule has 3 aromatic rings. The van der Waals surface area contributed by atoms with Crippen molar-refractivity contribution in [2.45, 2.75) is 25.9 Å². The normalized spacial score (nSPS) is 13.3. The summed E-state index contributed by atoms with van der Waals surface area (Å²) in [5.41, 5.74) is 2.68. The molecule has 0 spiro atoms. The van der Waals surface area contributed by atoms with Crippen LogP contribution < -0.4 is 21.1 Å². The zero-order valence-electron chi connectivity index (χ0n) is 14.9. The fraction of sp³-hybridized carbons (Fsp3) is 0.263. The molecule has 0 saturated heterocycles. The molecule has 136 valence electrons. The Labute approximate surface area is 150 Å². The van der Waals surface area contributed by atoms with Crippen molar-refractivity contribution in [1.29, 1.82) is 0 Å². The molecular formula is C19H22N4O3. The number of hydrogen-bond donors (Lipinski definition) is 4. The SMILES string of the molecule is COc1ccccc1[C@@H](C)N[C@H](C)C(=O)Nc1ccc2[nH]c(=O)[nH]c2c1. The van der Waals surface area contributed by atoms with Gasteiger partial charge in [-0.25, -0.2) is 4.79 Å². The number of anilines is 1. The third kappa shape index (κ3) is 3.78. The lowest BCUT2D eigenvalue weighted by molar-refractivity contribution is -0.117. The van der Waals surface area contributed by atoms with Crippen molar-refractivity contribution in [2.24, 2.45) is 0 Å². The molecule has 0 saturated carbocycles. The monoisotopic (exact) mass is 354 g/mol. The molecule has 0 unspecified atom stereocenters. The summed E-state index contributed by atoms with van der Waals surface area (Å²) >= 11 is 0. The second kappa shape index (κ2) is 7.45. The van der Waals surface area contributed by atoms with E-state index >= 15 is 0 Å². The number of carbonyl (C=O) groups excluding carboxylic acids is 1. The first-order valence-corrected chi connectivity index (χ1v) is 8.40. The average Bonchev–Trinajstić information content (AvgIpc) is 3.00. The van der Waals surface area contributed by atoms with Gasteiger partial charge in [0.05, 0.1) is 24.2 Å². The van der Waals surface area contributed by atoms with E-state index in [0.717, 1.165) is 11.3 Å². The maximum absolute atomic E-state index is 12.5. The smallest absolute Gasteiger partial charge is 0.323 e. The molecular weight excluding hydrogens is 332 g/mol. The van der Waals surface area contributed by atoms with Crippen LogP contribution in [0.1, 0.15) is 25.5 Å². The predicted molar refractivity (Wildman–Crippen MR) is 102 cm³/mol. The lowest BCUT2D eigenvalue weighted by Crippen LogP contribution is -2.39. The van der Waals surface area contributed by atoms with Crippen LogP contribution in [0.4, 0.5) is 5.69 Å². The average molecular weight is 354 g/mol. The molecule has 0 fully saturated rings. The van der Waals surface area contributed by atoms with Gasteiger partial charge in [0.15, 0.2) is 0 Å². The summed E-state index contributed by atoms with van der Waals surface area (Å²) in [6.45, 7) is 3.79. The Bertz CT molecular complexity index is 976. The van der Waals surface area contributed by atoms with Crippen LogP contribution in [0, 0.1) is 0 Å². The third-order valence-electron chi connectivity index (χ3n) is 4.28. The zero-order chi connectivity index (χ0) is 18.7. The minimum atomic E-state index is -0.420. The number of fused-ring (bicyclic) bond motifs is 1. The lowest BCUT2D eigenvalue weighted by Gasteiger charge is -2.21. The summed E-state index contributed by atoms with van der Waals surface area (Å²) in [5.74, 6) is 0.617. The summed E-state index contributed by atoms with van der Waals surface area (Å²) in [4.78, 5) is 29.2. The summed E-state index contributed by atoms with van der Waals surface area (Å²) in [5, 5.41) is 6.14. The van der Waals surface area contributed by atoms with E-state index in [9.17, 15) is 9.59 Å². The van der Waals surface area contributed by atoms with Gasteiger partial charge in [0.2, 0.25) is 5.91 Å². The summed E-state index contributed by atoms with van der Waals surface area (Å²) < 4.78 is 5.37. The lowest BCUT2D eigenvalue weighted by atomic mass is 10.1. The highest BCUT2D eigenvalue weighted by molar-refractivity contribution is 5.96. The Morgan fingerprint density at radius 3 is 2.58 bits per heavy atom. The van der Waals surface area contributed by atoms with Gasteiger partial charge >= 0.3 is 5.69 Å². The number of hydrogen-bond acceptors (Lipinski definition) is 4. The molecule has 0 aliphatic rings. The standard InChI is InChI=1S/C19H22N4O3/c1-11(14-6-4-5-7-17(14)26-3)20-12(2)18(24)21-13-8-9-15-16(10-13)23-19(25)22-15/h4-12,20H,1-3H3,(H,21,24)(H2,22,23,25)/t11-,12-/m1/s1. The van der Waals surface area contributed by atoms with Gasteiger partial charge in [-0.1, -0.05) is 18.2 Å². The molecule has 3 rings (SSSR count). The van der Waals surface area contributed by atoms with Crippen LogP contribution in [0.3, 0.4) is 0 Å². The number of aromatic amines is 2. The molecule has 0 radical (unpaired) electrons. The van der Waals surface area contributed by atoms with Gasteiger partial charge in [-0.15, -0.1) is 0 Å². The first-order chi connectivity index (χ1) is 12.5. The van der Waals surface area contributed by atoms with Crippen molar-refractivity contribution in [3.8, 4) is 5.75 Å². The van der Waals surface area contributed by atoms with Gasteiger partial charge in [0, 0.05) is 17.3 Å². The molecule has 7 heteroatoms. The Morgan fingerprint density at radius 2 is 1.81 bits per heavy atom. The van der Waals surface area contributed by atoms with Gasteiger partial charge in [-0.05, 0) is 38.1 Å². The molecule has 4 N–H and O–H groups in total. The number of benzene rings is 2. The maximum atomic E-state index is 12.5. The summed E-state index contributed by atoms with van der Waals surface area (Å²) in [6, 6.07) is 12.5. The highest BCUT2D eigenvalue weighted by Crippen LogP contribution is 2.24. The van der Waals surface area contributed by atoms with E-state index in [1.54, 1.807) is 32.2 Å². The van der Waals surface area contributed by atoms with Crippen LogP contribution in [0.5, 0.6) is 5.75 Å². The number of para-hydroxylation sites is 1. The second-order valence-corrected chi connectivity index (χ2v) is 6.18. The number of amides is 1. The molecule has 0 bridgehead atoms. The molecule has 0 aliphatic carbocycles. The Balaban J connectivity index is 1.67. The molecule has 2 atom stereocenters. The van der Waals surface area contributed by atoms with Crippen molar-refractivity contribution >= 4 is 22.6 Å². The van der Waals surface area contributed by atoms with Gasteiger partial charge < -0.3 is 20.0 Å². The van der Waals surface area contributed by atoms with E-state index in [1.807, 2.05) is 31.2 Å². The zero-order valence-corrected chi connectivity index (χ0v) is 14.9. The van der Waals surface area contributed by atoms with E-state index in [2.05, 4.69) is 20.6 Å². The van der Waals surface area contributed by atoms with Crippen molar-refractivity contribution in [3.05, 3.63) is 58.5 Å². The van der Waals surface area contributed by atoms with Crippen molar-refractivity contribution in [3.63, 3.8) is 0 Å². The van der Waals surface area contributed by atoms with E-state index in [-0.39, 0.29) is 17.6 Å². The van der Waals surface area contributed by atoms with Gasteiger partial charge in [0.25, 0.3) is 0 Å². The largest absolute Gasteiger partial charge is 0.496 e. The minimum absolute atomic E-state index is 0.0598. The van der Waals surface area contributed by atoms with Crippen molar-refractivity contribution in [2.75, 3.05) is 12.4 Å². The molecule has 0 aliphatic heterocycles. The van der Waals surface area contributed by atoms with Gasteiger partial charge in [0.1, 0.15) is 5.75 Å². The van der Waals surface area contributed by atoms with Crippen molar-refractivity contribution in [1.82, 2.24) is 15.3 Å². The molecule has 1 amide bonds. The summed E-state index contributed by atoms with van der Waals surface area (Å²) in [7, 11) is 1.63. The fourth-order valence-corrected chi connectivity index (χ4v) is 2.93. The number of imidazole rings is 1. The van der Waals surface area contributed by atoms with E-state index in [1.165, 1.54) is 0 Å². The van der Waals surface area contributed by atoms with Crippen LogP contribution in [0.2, 0.25) is 0 Å². The topological polar surface area (TPSA) is 99.0 Å². The minimum Gasteiger partial charge on any atom is -0.496 e. The van der Waals surface area contributed by atoms with Crippen LogP contribution in [-0.2, 0) is 4.79 Å². The Kier molecular flexibility index (Phi) is 5.09. The van der Waals surface area contributed by atoms with E-state index < -0.39 is 6.04 Å². The van der Waals surface area contributed by atoms with Crippen molar-refractivity contribution < 1.29 is 9.53 Å². The fourth-order valence-electron chi connectivity index (χ4n) is 2.93. The van der Waals surface area contributed by atoms with Crippen LogP contribution in [0.25, 0.3) is 11.0 Å². The highest BCUT2D eigenvalue weighted by Gasteiger charge is 2.18. The number of carbonyl (C=O) groups is 1. The van der Waals surface area contributed by atoms with Crippen LogP contribution >= 0.6 is 0 Å². The first-order valence-electron chi connectivity index (χ1n) is 8.40. The third-order valence-corrected chi connectivity index (χ3v) is 4.28. The molecule has 1 aromatic heterocycles. The Hall–Kier alpha value is -3.06. The number of nitrogens with one attached hydrogen (secondary N) is 4. The molecule has 26 heavy (non-hydrogen) atoms. The van der Waals surface area contributed by atoms with Gasteiger partial charge in [-0.3, -0.25) is 10.1 Å². The quantitative estimate of drug-likeness (QED) is 0.547. The van der Waals surface area contributed by atoms with E-state index in [0.29, 0.717) is 16.7 Å². The number of ether oxygens (including phenoxy) is 1. The molecule has 1 heterocycles. The van der Waals surface area contributed by atoms with E-state index in [4.69, 9.17) is 4.74 Å². The van der Waals surface area contributed by atoms with Crippen LogP contribution in [-0.4, -0.2) is 29.0 Å². The maximum Gasteiger partial charge on any atom is 0.323 e. The summed E-state index contributed by atoms with van der Waals surface area (Å²) in [6.07, 6.45) is 0. The predicted octanol–water partition coefficient (Wildman–Crippen LogP) is 2.54. The molecule has 2 aromatic carbocycles. The second-order valence-electron chi connectivity index (χ2n) is 6.18. The Morgan fingerprint density at radius 1 is 1.08 bits per heavy atom. The number of H-pyrrole nitrogens is 2. The number of rotatable bonds is 6. The first kappa shape index (κ1) is 17.8. The number of methoxy groups -OCH3 is 1. The van der Waals surface area contributed by atoms with Gasteiger partial charge in [-0.2, -0.15) is 0 Å².